The van der Waals surface area contributed by atoms with Gasteiger partial charge in [-0.25, -0.2) is 0 Å². The van der Waals surface area contributed by atoms with Crippen LogP contribution in [0.15, 0.2) is 42.6 Å². The SMILES string of the molecule is Cc1cc(C(=O)Nc2ccn(C3CCN(C)CC3)n2)c2ccccc2n1. The molecule has 3 heterocycles. The number of piperidine rings is 1. The van der Waals surface area contributed by atoms with Crippen LogP contribution in [0.1, 0.15) is 34.9 Å². The molecule has 0 saturated carbocycles. The summed E-state index contributed by atoms with van der Waals surface area (Å²) >= 11 is 0. The third kappa shape index (κ3) is 3.32. The number of fused-ring (bicyclic) bond motifs is 1. The number of pyridine rings is 1. The fourth-order valence-electron chi connectivity index (χ4n) is 3.55. The van der Waals surface area contributed by atoms with E-state index in [9.17, 15) is 4.79 Å². The molecule has 26 heavy (non-hydrogen) atoms. The molecule has 3 aromatic rings. The highest BCUT2D eigenvalue weighted by Crippen LogP contribution is 2.23. The number of amides is 1. The van der Waals surface area contributed by atoms with Crippen LogP contribution in [0.5, 0.6) is 0 Å². The zero-order valence-electron chi connectivity index (χ0n) is 15.1. The van der Waals surface area contributed by atoms with Crippen LogP contribution < -0.4 is 5.32 Å². The number of nitrogens with zero attached hydrogens (tertiary/aromatic N) is 4. The number of carbonyl (C=O) groups excluding carboxylic acids is 1. The molecule has 1 N–H and O–H groups in total. The Morgan fingerprint density at radius 3 is 2.77 bits per heavy atom. The van der Waals surface area contributed by atoms with Gasteiger partial charge in [-0.2, -0.15) is 5.10 Å². The van der Waals surface area contributed by atoms with Crippen LogP contribution in [0.2, 0.25) is 0 Å². The Morgan fingerprint density at radius 1 is 1.19 bits per heavy atom. The van der Waals surface area contributed by atoms with Crippen molar-refractivity contribution in [2.24, 2.45) is 0 Å². The lowest BCUT2D eigenvalue weighted by Gasteiger charge is -2.28. The number of aryl methyl sites for hydroxylation is 1. The molecule has 2 aromatic heterocycles. The maximum Gasteiger partial charge on any atom is 0.257 e. The lowest BCUT2D eigenvalue weighted by atomic mass is 10.1. The molecule has 0 atom stereocenters. The van der Waals surface area contributed by atoms with Gasteiger partial charge in [-0.1, -0.05) is 18.2 Å². The van der Waals surface area contributed by atoms with E-state index in [0.717, 1.165) is 42.5 Å². The molecular weight excluding hydrogens is 326 g/mol. The van der Waals surface area contributed by atoms with Crippen molar-refractivity contribution in [3.05, 3.63) is 53.9 Å². The Balaban J connectivity index is 1.54. The van der Waals surface area contributed by atoms with E-state index < -0.39 is 0 Å². The lowest BCUT2D eigenvalue weighted by Crippen LogP contribution is -2.31. The molecule has 0 radical (unpaired) electrons. The smallest absolute Gasteiger partial charge is 0.257 e. The van der Waals surface area contributed by atoms with Crippen molar-refractivity contribution in [1.82, 2.24) is 19.7 Å². The fraction of sp³-hybridized carbons (Fsp3) is 0.350. The van der Waals surface area contributed by atoms with Crippen LogP contribution in [0, 0.1) is 6.92 Å². The maximum absolute atomic E-state index is 12.8. The van der Waals surface area contributed by atoms with Crippen LogP contribution in [0.25, 0.3) is 10.9 Å². The first-order valence-electron chi connectivity index (χ1n) is 9.01. The molecule has 6 nitrogen and oxygen atoms in total. The highest BCUT2D eigenvalue weighted by Gasteiger charge is 2.19. The van der Waals surface area contributed by atoms with Gasteiger partial charge in [0.05, 0.1) is 17.1 Å². The quantitative estimate of drug-likeness (QED) is 0.788. The summed E-state index contributed by atoms with van der Waals surface area (Å²) in [6, 6.07) is 11.8. The predicted octanol–water partition coefficient (Wildman–Crippen LogP) is 3.26. The molecule has 0 spiro atoms. The van der Waals surface area contributed by atoms with E-state index in [4.69, 9.17) is 0 Å². The maximum atomic E-state index is 12.8. The van der Waals surface area contributed by atoms with Gasteiger partial charge in [-0.05, 0) is 52.0 Å². The fourth-order valence-corrected chi connectivity index (χ4v) is 3.55. The minimum atomic E-state index is -0.152. The van der Waals surface area contributed by atoms with Crippen LogP contribution in [-0.2, 0) is 0 Å². The minimum Gasteiger partial charge on any atom is -0.306 e. The standard InChI is InChI=1S/C20H23N5O/c1-14-13-17(16-5-3-4-6-18(16)21-14)20(26)22-19-9-12-25(23-19)15-7-10-24(2)11-8-15/h3-6,9,12-13,15H,7-8,10-11H2,1-2H3,(H,22,23,26). The zero-order chi connectivity index (χ0) is 18.1. The summed E-state index contributed by atoms with van der Waals surface area (Å²) in [5.74, 6) is 0.438. The Kier molecular flexibility index (Phi) is 4.42. The van der Waals surface area contributed by atoms with Crippen LogP contribution in [-0.4, -0.2) is 45.7 Å². The summed E-state index contributed by atoms with van der Waals surface area (Å²) in [4.78, 5) is 19.6. The molecule has 4 rings (SSSR count). The Hall–Kier alpha value is -2.73. The molecule has 1 aliphatic heterocycles. The summed E-state index contributed by atoms with van der Waals surface area (Å²) < 4.78 is 1.98. The third-order valence-electron chi connectivity index (χ3n) is 5.00. The van der Waals surface area contributed by atoms with Crippen molar-refractivity contribution in [2.45, 2.75) is 25.8 Å². The largest absolute Gasteiger partial charge is 0.306 e. The Labute approximate surface area is 152 Å². The number of aromatic nitrogens is 3. The van der Waals surface area contributed by atoms with Gasteiger partial charge in [0.2, 0.25) is 0 Å². The number of carbonyl (C=O) groups is 1. The number of anilines is 1. The summed E-state index contributed by atoms with van der Waals surface area (Å²) in [7, 11) is 2.14. The number of rotatable bonds is 3. The number of hydrogen-bond acceptors (Lipinski definition) is 4. The molecule has 0 aliphatic carbocycles. The number of nitrogens with one attached hydrogen (secondary N) is 1. The van der Waals surface area contributed by atoms with Crippen molar-refractivity contribution in [1.29, 1.82) is 0 Å². The predicted molar refractivity (Wildman–Crippen MR) is 102 cm³/mol. The first-order chi connectivity index (χ1) is 12.6. The summed E-state index contributed by atoms with van der Waals surface area (Å²) in [6.45, 7) is 4.06. The molecular formula is C20H23N5O. The molecule has 1 amide bonds. The second kappa shape index (κ2) is 6.88. The molecule has 0 bridgehead atoms. The van der Waals surface area contributed by atoms with Crippen molar-refractivity contribution >= 4 is 22.6 Å². The average Bonchev–Trinajstić information content (AvgIpc) is 3.10. The molecule has 0 unspecified atom stereocenters. The second-order valence-electron chi connectivity index (χ2n) is 7.00. The summed E-state index contributed by atoms with van der Waals surface area (Å²) in [6.07, 6.45) is 4.13. The van der Waals surface area contributed by atoms with Gasteiger partial charge in [-0.3, -0.25) is 14.5 Å². The van der Waals surface area contributed by atoms with E-state index in [1.807, 2.05) is 54.2 Å². The van der Waals surface area contributed by atoms with Crippen molar-refractivity contribution < 1.29 is 4.79 Å². The van der Waals surface area contributed by atoms with Crippen molar-refractivity contribution in [2.75, 3.05) is 25.5 Å². The Morgan fingerprint density at radius 2 is 1.96 bits per heavy atom. The van der Waals surface area contributed by atoms with E-state index in [1.165, 1.54) is 0 Å². The van der Waals surface area contributed by atoms with Gasteiger partial charge in [0.1, 0.15) is 0 Å². The molecule has 6 heteroatoms. The van der Waals surface area contributed by atoms with Gasteiger partial charge in [0.25, 0.3) is 5.91 Å². The number of hydrogen-bond donors (Lipinski definition) is 1. The second-order valence-corrected chi connectivity index (χ2v) is 7.00. The normalized spacial score (nSPS) is 16.1. The van der Waals surface area contributed by atoms with Gasteiger partial charge in [0, 0.05) is 23.3 Å². The van der Waals surface area contributed by atoms with Gasteiger partial charge >= 0.3 is 0 Å². The monoisotopic (exact) mass is 349 g/mol. The molecule has 1 fully saturated rings. The first kappa shape index (κ1) is 16.7. The third-order valence-corrected chi connectivity index (χ3v) is 5.00. The van der Waals surface area contributed by atoms with Crippen molar-refractivity contribution in [3.8, 4) is 0 Å². The van der Waals surface area contributed by atoms with E-state index in [2.05, 4.69) is 27.3 Å². The first-order valence-corrected chi connectivity index (χ1v) is 9.01. The van der Waals surface area contributed by atoms with Crippen LogP contribution in [0.4, 0.5) is 5.82 Å². The molecule has 134 valence electrons. The number of likely N-dealkylation sites (tertiary alicyclic amines) is 1. The minimum absolute atomic E-state index is 0.152. The number of para-hydroxylation sites is 1. The van der Waals surface area contributed by atoms with Gasteiger partial charge < -0.3 is 10.2 Å². The highest BCUT2D eigenvalue weighted by atomic mass is 16.1. The van der Waals surface area contributed by atoms with E-state index >= 15 is 0 Å². The van der Waals surface area contributed by atoms with Crippen molar-refractivity contribution in [3.63, 3.8) is 0 Å². The number of benzene rings is 1. The van der Waals surface area contributed by atoms with Gasteiger partial charge in [0.15, 0.2) is 5.82 Å². The molecule has 1 saturated heterocycles. The van der Waals surface area contributed by atoms with E-state index in [1.54, 1.807) is 0 Å². The van der Waals surface area contributed by atoms with E-state index in [-0.39, 0.29) is 5.91 Å². The average molecular weight is 349 g/mol. The molecule has 1 aromatic carbocycles. The van der Waals surface area contributed by atoms with Crippen LogP contribution >= 0.6 is 0 Å². The lowest BCUT2D eigenvalue weighted by molar-refractivity contribution is 0.102. The zero-order valence-corrected chi connectivity index (χ0v) is 15.1. The topological polar surface area (TPSA) is 63.1 Å². The van der Waals surface area contributed by atoms with Gasteiger partial charge in [-0.15, -0.1) is 0 Å². The summed E-state index contributed by atoms with van der Waals surface area (Å²) in [5.41, 5.74) is 2.28. The molecule has 1 aliphatic rings. The van der Waals surface area contributed by atoms with Crippen LogP contribution in [0.3, 0.4) is 0 Å². The Bertz CT molecular complexity index is 940. The van der Waals surface area contributed by atoms with E-state index in [0.29, 0.717) is 17.4 Å². The highest BCUT2D eigenvalue weighted by molar-refractivity contribution is 6.12. The summed E-state index contributed by atoms with van der Waals surface area (Å²) in [5, 5.41) is 8.37.